The highest BCUT2D eigenvalue weighted by Crippen LogP contribution is 2.36. The summed E-state index contributed by atoms with van der Waals surface area (Å²) >= 11 is 3.58. The SMILES string of the molecule is CC(C(=O)O)n1nnnc1-c1cc2c(s1)CCSC2. The molecule has 0 saturated heterocycles. The summed E-state index contributed by atoms with van der Waals surface area (Å²) in [5, 5.41) is 20.5. The molecule has 1 unspecified atom stereocenters. The fraction of sp³-hybridized carbons (Fsp3) is 0.455. The molecular formula is C11H12N4O2S2. The molecule has 1 atom stereocenters. The van der Waals surface area contributed by atoms with Crippen LogP contribution in [0.4, 0.5) is 0 Å². The van der Waals surface area contributed by atoms with Crippen molar-refractivity contribution in [3.05, 3.63) is 16.5 Å². The Kier molecular flexibility index (Phi) is 3.28. The first kappa shape index (κ1) is 12.6. The summed E-state index contributed by atoms with van der Waals surface area (Å²) in [6, 6.07) is 1.32. The van der Waals surface area contributed by atoms with Crippen LogP contribution in [0.15, 0.2) is 6.07 Å². The van der Waals surface area contributed by atoms with E-state index < -0.39 is 12.0 Å². The molecule has 0 fully saturated rings. The van der Waals surface area contributed by atoms with Crippen molar-refractivity contribution in [2.24, 2.45) is 0 Å². The van der Waals surface area contributed by atoms with Crippen molar-refractivity contribution in [1.29, 1.82) is 0 Å². The van der Waals surface area contributed by atoms with E-state index in [9.17, 15) is 4.79 Å². The van der Waals surface area contributed by atoms with E-state index in [4.69, 9.17) is 5.11 Å². The van der Waals surface area contributed by atoms with Gasteiger partial charge >= 0.3 is 5.97 Å². The van der Waals surface area contributed by atoms with Gasteiger partial charge in [-0.2, -0.15) is 11.8 Å². The van der Waals surface area contributed by atoms with Crippen LogP contribution in [0.1, 0.15) is 23.4 Å². The van der Waals surface area contributed by atoms with E-state index in [1.54, 1.807) is 18.3 Å². The lowest BCUT2D eigenvalue weighted by Gasteiger charge is -2.08. The van der Waals surface area contributed by atoms with Gasteiger partial charge < -0.3 is 5.11 Å². The average Bonchev–Trinajstić information content (AvgIpc) is 3.03. The zero-order chi connectivity index (χ0) is 13.4. The largest absolute Gasteiger partial charge is 0.480 e. The summed E-state index contributed by atoms with van der Waals surface area (Å²) in [6.45, 7) is 1.57. The van der Waals surface area contributed by atoms with Crippen molar-refractivity contribution in [3.63, 3.8) is 0 Å². The van der Waals surface area contributed by atoms with Crippen LogP contribution in [0.25, 0.3) is 10.7 Å². The molecule has 1 aliphatic heterocycles. The molecule has 0 spiro atoms. The maximum absolute atomic E-state index is 11.1. The Hall–Kier alpha value is -1.41. The first-order valence-corrected chi connectivity index (χ1v) is 7.84. The maximum atomic E-state index is 11.1. The number of hydrogen-bond acceptors (Lipinski definition) is 6. The lowest BCUT2D eigenvalue weighted by Crippen LogP contribution is -2.17. The van der Waals surface area contributed by atoms with E-state index in [1.165, 1.54) is 15.1 Å². The van der Waals surface area contributed by atoms with Crippen LogP contribution < -0.4 is 0 Å². The van der Waals surface area contributed by atoms with E-state index in [2.05, 4.69) is 21.6 Å². The van der Waals surface area contributed by atoms with Gasteiger partial charge in [-0.15, -0.1) is 16.4 Å². The van der Waals surface area contributed by atoms with Crippen molar-refractivity contribution < 1.29 is 9.90 Å². The molecule has 19 heavy (non-hydrogen) atoms. The molecule has 100 valence electrons. The molecule has 0 aromatic carbocycles. The Labute approximate surface area is 117 Å². The highest BCUT2D eigenvalue weighted by atomic mass is 32.2. The van der Waals surface area contributed by atoms with Gasteiger partial charge in [0.1, 0.15) is 0 Å². The number of carboxylic acids is 1. The minimum atomic E-state index is -0.939. The summed E-state index contributed by atoms with van der Waals surface area (Å²) in [7, 11) is 0. The van der Waals surface area contributed by atoms with Crippen LogP contribution in [0.5, 0.6) is 0 Å². The number of aromatic nitrogens is 4. The van der Waals surface area contributed by atoms with Crippen molar-refractivity contribution in [3.8, 4) is 10.7 Å². The van der Waals surface area contributed by atoms with Gasteiger partial charge in [0.2, 0.25) is 0 Å². The first-order valence-electron chi connectivity index (χ1n) is 5.87. The van der Waals surface area contributed by atoms with Gasteiger partial charge in [-0.25, -0.2) is 9.48 Å². The van der Waals surface area contributed by atoms with Crippen molar-refractivity contribution in [2.45, 2.75) is 25.1 Å². The van der Waals surface area contributed by atoms with Crippen molar-refractivity contribution in [1.82, 2.24) is 20.2 Å². The number of hydrogen-bond donors (Lipinski definition) is 1. The number of fused-ring (bicyclic) bond motifs is 1. The highest BCUT2D eigenvalue weighted by Gasteiger charge is 2.23. The summed E-state index contributed by atoms with van der Waals surface area (Å²) in [6.07, 6.45) is 1.07. The summed E-state index contributed by atoms with van der Waals surface area (Å²) in [5.74, 6) is 1.76. The van der Waals surface area contributed by atoms with Crippen LogP contribution in [0, 0.1) is 0 Å². The molecule has 6 nitrogen and oxygen atoms in total. The van der Waals surface area contributed by atoms with Gasteiger partial charge in [-0.1, -0.05) is 0 Å². The lowest BCUT2D eigenvalue weighted by atomic mass is 10.2. The van der Waals surface area contributed by atoms with E-state index in [0.717, 1.165) is 22.8 Å². The number of tetrazole rings is 1. The predicted octanol–water partition coefficient (Wildman–Crippen LogP) is 1.84. The van der Waals surface area contributed by atoms with Gasteiger partial charge in [0.15, 0.2) is 11.9 Å². The standard InChI is InChI=1S/C11H12N4O2S2/c1-6(11(16)17)15-10(12-13-14-15)9-4-7-5-18-3-2-8(7)19-9/h4,6H,2-3,5H2,1H3,(H,16,17). The van der Waals surface area contributed by atoms with Gasteiger partial charge in [0, 0.05) is 10.6 Å². The molecule has 0 amide bonds. The molecule has 1 aliphatic rings. The first-order chi connectivity index (χ1) is 9.16. The zero-order valence-electron chi connectivity index (χ0n) is 10.2. The smallest absolute Gasteiger partial charge is 0.328 e. The zero-order valence-corrected chi connectivity index (χ0v) is 11.9. The minimum Gasteiger partial charge on any atom is -0.480 e. The molecule has 0 radical (unpaired) electrons. The summed E-state index contributed by atoms with van der Waals surface area (Å²) in [5.41, 5.74) is 1.33. The second-order valence-electron chi connectivity index (χ2n) is 4.32. The van der Waals surface area contributed by atoms with Gasteiger partial charge in [0.05, 0.1) is 4.88 Å². The molecular weight excluding hydrogens is 284 g/mol. The van der Waals surface area contributed by atoms with E-state index in [-0.39, 0.29) is 0 Å². The fourth-order valence-corrected chi connectivity index (χ4v) is 4.33. The van der Waals surface area contributed by atoms with E-state index in [1.807, 2.05) is 11.8 Å². The number of nitrogens with zero attached hydrogens (tertiary/aromatic N) is 4. The monoisotopic (exact) mass is 296 g/mol. The minimum absolute atomic E-state index is 0.541. The Balaban J connectivity index is 2.01. The van der Waals surface area contributed by atoms with E-state index in [0.29, 0.717) is 5.82 Å². The third-order valence-electron chi connectivity index (χ3n) is 3.07. The maximum Gasteiger partial charge on any atom is 0.328 e. The van der Waals surface area contributed by atoms with Gasteiger partial charge in [-0.05, 0) is 41.2 Å². The molecule has 3 heterocycles. The molecule has 0 saturated carbocycles. The van der Waals surface area contributed by atoms with Crippen LogP contribution in [0.2, 0.25) is 0 Å². The number of carbonyl (C=O) groups is 1. The number of aryl methyl sites for hydroxylation is 1. The number of aliphatic carboxylic acids is 1. The fourth-order valence-electron chi connectivity index (χ4n) is 1.98. The molecule has 0 aliphatic carbocycles. The lowest BCUT2D eigenvalue weighted by molar-refractivity contribution is -0.140. The highest BCUT2D eigenvalue weighted by molar-refractivity contribution is 7.98. The Morgan fingerprint density at radius 3 is 3.16 bits per heavy atom. The van der Waals surface area contributed by atoms with Crippen LogP contribution >= 0.6 is 23.1 Å². The van der Waals surface area contributed by atoms with Gasteiger partial charge in [-0.3, -0.25) is 0 Å². The summed E-state index contributed by atoms with van der Waals surface area (Å²) < 4.78 is 1.37. The third kappa shape index (κ3) is 2.25. The third-order valence-corrected chi connectivity index (χ3v) is 5.31. The number of thioether (sulfide) groups is 1. The average molecular weight is 296 g/mol. The molecule has 8 heteroatoms. The molecule has 3 rings (SSSR count). The molecule has 2 aromatic heterocycles. The number of carboxylic acid groups (broad SMARTS) is 1. The van der Waals surface area contributed by atoms with Crippen molar-refractivity contribution >= 4 is 29.1 Å². The Bertz CT molecular complexity index is 598. The van der Waals surface area contributed by atoms with Crippen molar-refractivity contribution in [2.75, 3.05) is 5.75 Å². The quantitative estimate of drug-likeness (QED) is 0.930. The van der Waals surface area contributed by atoms with E-state index >= 15 is 0 Å². The predicted molar refractivity (Wildman–Crippen MR) is 73.3 cm³/mol. The Morgan fingerprint density at radius 2 is 2.42 bits per heavy atom. The van der Waals surface area contributed by atoms with Gasteiger partial charge in [0.25, 0.3) is 0 Å². The summed E-state index contributed by atoms with van der Waals surface area (Å²) in [4.78, 5) is 13.4. The van der Waals surface area contributed by atoms with Crippen LogP contribution in [-0.4, -0.2) is 37.0 Å². The second kappa shape index (κ2) is 4.93. The van der Waals surface area contributed by atoms with Crippen LogP contribution in [0.3, 0.4) is 0 Å². The normalized spacial score (nSPS) is 16.1. The molecule has 2 aromatic rings. The topological polar surface area (TPSA) is 80.9 Å². The number of thiophene rings is 1. The molecule has 0 bridgehead atoms. The second-order valence-corrected chi connectivity index (χ2v) is 6.56. The molecule has 1 N–H and O–H groups in total. The van der Waals surface area contributed by atoms with Crippen LogP contribution in [-0.2, 0) is 17.0 Å². The number of rotatable bonds is 3. The Morgan fingerprint density at radius 1 is 1.58 bits per heavy atom.